The standard InChI is InChI=1S/C12H12N4O5S/c13-22(19,20)9-5-3-8(4-6-9)14-12(18)16-15-11(17)10-2-1-7-21-10/h1-7H,(H,15,17)(H2,13,19,20)(H2,14,16,18). The van der Waals surface area contributed by atoms with Crippen LogP contribution in [-0.2, 0) is 10.0 Å². The second kappa shape index (κ2) is 6.28. The predicted molar refractivity (Wildman–Crippen MR) is 76.1 cm³/mol. The summed E-state index contributed by atoms with van der Waals surface area (Å²) >= 11 is 0. The number of benzene rings is 1. The molecule has 0 aliphatic carbocycles. The maximum absolute atomic E-state index is 11.6. The van der Waals surface area contributed by atoms with Gasteiger partial charge in [-0.05, 0) is 36.4 Å². The Morgan fingerprint density at radius 3 is 2.27 bits per heavy atom. The number of anilines is 1. The number of nitrogens with one attached hydrogen (secondary N) is 3. The molecule has 1 aromatic carbocycles. The van der Waals surface area contributed by atoms with Crippen LogP contribution in [0.25, 0.3) is 0 Å². The van der Waals surface area contributed by atoms with Gasteiger partial charge >= 0.3 is 11.9 Å². The number of hydrazine groups is 1. The summed E-state index contributed by atoms with van der Waals surface area (Å²) in [5, 5.41) is 7.34. The van der Waals surface area contributed by atoms with Crippen molar-refractivity contribution < 1.29 is 22.4 Å². The van der Waals surface area contributed by atoms with E-state index >= 15 is 0 Å². The fraction of sp³-hybridized carbons (Fsp3) is 0. The molecule has 1 heterocycles. The summed E-state index contributed by atoms with van der Waals surface area (Å²) in [5.74, 6) is -0.581. The quantitative estimate of drug-likeness (QED) is 0.604. The molecule has 1 aromatic heterocycles. The fourth-order valence-electron chi connectivity index (χ4n) is 1.47. The zero-order valence-corrected chi connectivity index (χ0v) is 11.9. The molecule has 5 N–H and O–H groups in total. The molecule has 2 rings (SSSR count). The number of nitrogens with two attached hydrogens (primary N) is 1. The second-order valence-electron chi connectivity index (χ2n) is 4.08. The molecule has 0 aliphatic rings. The van der Waals surface area contributed by atoms with E-state index in [1.165, 1.54) is 42.7 Å². The van der Waals surface area contributed by atoms with E-state index < -0.39 is 22.0 Å². The van der Waals surface area contributed by atoms with E-state index in [4.69, 9.17) is 9.56 Å². The van der Waals surface area contributed by atoms with Crippen molar-refractivity contribution in [1.82, 2.24) is 10.9 Å². The van der Waals surface area contributed by atoms with Gasteiger partial charge in [-0.15, -0.1) is 0 Å². The van der Waals surface area contributed by atoms with Gasteiger partial charge < -0.3 is 9.73 Å². The zero-order chi connectivity index (χ0) is 16.2. The van der Waals surface area contributed by atoms with E-state index in [-0.39, 0.29) is 10.7 Å². The molecule has 3 amide bonds. The Morgan fingerprint density at radius 1 is 1.05 bits per heavy atom. The van der Waals surface area contributed by atoms with Crippen LogP contribution in [0.2, 0.25) is 0 Å². The Kier molecular flexibility index (Phi) is 4.44. The van der Waals surface area contributed by atoms with E-state index in [0.29, 0.717) is 5.69 Å². The number of sulfonamides is 1. The average Bonchev–Trinajstić information content (AvgIpc) is 2.98. The van der Waals surface area contributed by atoms with Crippen LogP contribution < -0.4 is 21.3 Å². The minimum atomic E-state index is -3.79. The first-order valence-electron chi connectivity index (χ1n) is 5.90. The van der Waals surface area contributed by atoms with Crippen molar-refractivity contribution >= 4 is 27.6 Å². The topological polar surface area (TPSA) is 144 Å². The van der Waals surface area contributed by atoms with Gasteiger partial charge in [0.15, 0.2) is 5.76 Å². The molecule has 9 nitrogen and oxygen atoms in total. The van der Waals surface area contributed by atoms with Gasteiger partial charge in [-0.25, -0.2) is 23.8 Å². The van der Waals surface area contributed by atoms with Gasteiger partial charge in [0.25, 0.3) is 0 Å². The molecule has 0 radical (unpaired) electrons. The third kappa shape index (κ3) is 4.07. The summed E-state index contributed by atoms with van der Waals surface area (Å²) < 4.78 is 27.0. The number of primary sulfonamides is 1. The summed E-state index contributed by atoms with van der Waals surface area (Å²) in [6.07, 6.45) is 1.32. The highest BCUT2D eigenvalue weighted by Gasteiger charge is 2.10. The highest BCUT2D eigenvalue weighted by Crippen LogP contribution is 2.12. The lowest BCUT2D eigenvalue weighted by molar-refractivity contribution is 0.0910. The third-order valence-corrected chi connectivity index (χ3v) is 3.40. The van der Waals surface area contributed by atoms with Crippen LogP contribution in [0.5, 0.6) is 0 Å². The number of furan rings is 1. The van der Waals surface area contributed by atoms with Gasteiger partial charge in [0.2, 0.25) is 10.0 Å². The van der Waals surface area contributed by atoms with Gasteiger partial charge in [-0.2, -0.15) is 0 Å². The first kappa shape index (κ1) is 15.5. The predicted octanol–water partition coefficient (Wildman–Crippen LogP) is 0.394. The van der Waals surface area contributed by atoms with Crippen LogP contribution in [0.15, 0.2) is 52.0 Å². The van der Waals surface area contributed by atoms with E-state index in [2.05, 4.69) is 16.2 Å². The Balaban J connectivity index is 1.88. The molecule has 116 valence electrons. The minimum absolute atomic E-state index is 0.0396. The molecule has 22 heavy (non-hydrogen) atoms. The van der Waals surface area contributed by atoms with Crippen molar-refractivity contribution in [3.8, 4) is 0 Å². The van der Waals surface area contributed by atoms with Crippen molar-refractivity contribution in [2.75, 3.05) is 5.32 Å². The lowest BCUT2D eigenvalue weighted by atomic mass is 10.3. The van der Waals surface area contributed by atoms with Crippen LogP contribution in [0, 0.1) is 0 Å². The van der Waals surface area contributed by atoms with Crippen molar-refractivity contribution in [2.24, 2.45) is 5.14 Å². The molecule has 0 spiro atoms. The van der Waals surface area contributed by atoms with Gasteiger partial charge in [0.1, 0.15) is 0 Å². The van der Waals surface area contributed by atoms with E-state index in [1.54, 1.807) is 0 Å². The summed E-state index contributed by atoms with van der Waals surface area (Å²) in [7, 11) is -3.79. The smallest absolute Gasteiger partial charge is 0.337 e. The number of carbonyl (C=O) groups is 2. The lowest BCUT2D eigenvalue weighted by Gasteiger charge is -2.08. The number of hydrogen-bond acceptors (Lipinski definition) is 5. The van der Waals surface area contributed by atoms with Crippen molar-refractivity contribution in [3.63, 3.8) is 0 Å². The Hall–Kier alpha value is -2.85. The van der Waals surface area contributed by atoms with E-state index in [1.807, 2.05) is 0 Å². The molecule has 0 saturated heterocycles. The van der Waals surface area contributed by atoms with Gasteiger partial charge in [-0.3, -0.25) is 10.2 Å². The fourth-order valence-corrected chi connectivity index (χ4v) is 1.99. The zero-order valence-electron chi connectivity index (χ0n) is 11.1. The maximum Gasteiger partial charge on any atom is 0.337 e. The summed E-state index contributed by atoms with van der Waals surface area (Å²) in [4.78, 5) is 23.0. The highest BCUT2D eigenvalue weighted by atomic mass is 32.2. The molecule has 0 fully saturated rings. The van der Waals surface area contributed by atoms with Crippen molar-refractivity contribution in [3.05, 3.63) is 48.4 Å². The minimum Gasteiger partial charge on any atom is -0.459 e. The molecule has 0 unspecified atom stereocenters. The van der Waals surface area contributed by atoms with Crippen molar-refractivity contribution in [2.45, 2.75) is 4.90 Å². The molecule has 2 aromatic rings. The van der Waals surface area contributed by atoms with Crippen LogP contribution >= 0.6 is 0 Å². The first-order valence-corrected chi connectivity index (χ1v) is 7.44. The molecule has 0 atom stereocenters. The monoisotopic (exact) mass is 324 g/mol. The summed E-state index contributed by atoms with van der Waals surface area (Å²) in [6.45, 7) is 0. The first-order chi connectivity index (χ1) is 10.4. The van der Waals surface area contributed by atoms with E-state index in [0.717, 1.165) is 0 Å². The van der Waals surface area contributed by atoms with Gasteiger partial charge in [0, 0.05) is 5.69 Å². The molecule has 0 aliphatic heterocycles. The van der Waals surface area contributed by atoms with Crippen LogP contribution in [-0.4, -0.2) is 20.4 Å². The SMILES string of the molecule is NS(=O)(=O)c1ccc(NC(=O)NNC(=O)c2ccco2)cc1. The number of rotatable bonds is 3. The number of amides is 3. The van der Waals surface area contributed by atoms with Crippen molar-refractivity contribution in [1.29, 1.82) is 0 Å². The van der Waals surface area contributed by atoms with E-state index in [9.17, 15) is 18.0 Å². The Morgan fingerprint density at radius 2 is 1.73 bits per heavy atom. The molecule has 10 heteroatoms. The van der Waals surface area contributed by atoms with Crippen LogP contribution in [0.4, 0.5) is 10.5 Å². The Bertz CT molecular complexity index is 768. The van der Waals surface area contributed by atoms with Crippen LogP contribution in [0.1, 0.15) is 10.6 Å². The van der Waals surface area contributed by atoms with Gasteiger partial charge in [-0.1, -0.05) is 0 Å². The molecule has 0 bridgehead atoms. The summed E-state index contributed by atoms with van der Waals surface area (Å²) in [6, 6.07) is 7.44. The Labute approximate surface area is 125 Å². The molecule has 0 saturated carbocycles. The second-order valence-corrected chi connectivity index (χ2v) is 5.64. The normalized spacial score (nSPS) is 10.8. The largest absolute Gasteiger partial charge is 0.459 e. The van der Waals surface area contributed by atoms with Gasteiger partial charge in [0.05, 0.1) is 11.2 Å². The number of hydrogen-bond donors (Lipinski definition) is 4. The third-order valence-electron chi connectivity index (χ3n) is 2.48. The number of urea groups is 1. The molecular formula is C12H12N4O5S. The average molecular weight is 324 g/mol. The van der Waals surface area contributed by atoms with Crippen LogP contribution in [0.3, 0.4) is 0 Å². The number of carbonyl (C=O) groups excluding carboxylic acids is 2. The maximum atomic E-state index is 11.6. The summed E-state index contributed by atoms with van der Waals surface area (Å²) in [5.41, 5.74) is 4.56. The lowest BCUT2D eigenvalue weighted by Crippen LogP contribution is -2.43. The molecular weight excluding hydrogens is 312 g/mol. The highest BCUT2D eigenvalue weighted by molar-refractivity contribution is 7.89.